The van der Waals surface area contributed by atoms with Crippen molar-refractivity contribution in [3.05, 3.63) is 40.5 Å². The van der Waals surface area contributed by atoms with Gasteiger partial charge in [-0.15, -0.1) is 0 Å². The highest BCUT2D eigenvalue weighted by atomic mass is 16.7. The molecule has 1 aromatic carbocycles. The van der Waals surface area contributed by atoms with Gasteiger partial charge in [0.2, 0.25) is 18.4 Å². The minimum absolute atomic E-state index is 0.000696. The van der Waals surface area contributed by atoms with E-state index >= 15 is 0 Å². The number of hydrogen-bond donors (Lipinski definition) is 1. The highest BCUT2D eigenvalue weighted by Crippen LogP contribution is 2.47. The molecule has 2 aliphatic heterocycles. The van der Waals surface area contributed by atoms with Gasteiger partial charge in [-0.1, -0.05) is 0 Å². The number of carbonyl (C=O) groups is 2. The number of nitrogens with zero attached hydrogens (tertiary/aromatic N) is 1. The first-order valence-electron chi connectivity index (χ1n) is 8.38. The largest absolute Gasteiger partial charge is 0.493 e. The minimum atomic E-state index is -0.982. The summed E-state index contributed by atoms with van der Waals surface area (Å²) in [5.74, 6) is -1.61. The normalized spacial score (nSPS) is 17.4. The van der Waals surface area contributed by atoms with Gasteiger partial charge in [-0.05, 0) is 17.7 Å². The Morgan fingerprint density at radius 1 is 1.24 bits per heavy atom. The Morgan fingerprint density at radius 3 is 2.62 bits per heavy atom. The van der Waals surface area contributed by atoms with Gasteiger partial charge < -0.3 is 34.2 Å². The number of fused-ring (bicyclic) bond motifs is 1. The van der Waals surface area contributed by atoms with Crippen molar-refractivity contribution in [2.24, 2.45) is 5.73 Å². The first-order valence-corrected chi connectivity index (χ1v) is 8.38. The van der Waals surface area contributed by atoms with E-state index in [0.717, 1.165) is 0 Å². The zero-order valence-corrected chi connectivity index (χ0v) is 15.9. The summed E-state index contributed by atoms with van der Waals surface area (Å²) < 4.78 is 31.1. The summed E-state index contributed by atoms with van der Waals surface area (Å²) in [4.78, 5) is 24.4. The molecule has 2 aliphatic rings. The second kappa shape index (κ2) is 8.02. The highest BCUT2D eigenvalue weighted by Gasteiger charge is 2.39. The quantitative estimate of drug-likeness (QED) is 0.715. The fourth-order valence-corrected chi connectivity index (χ4v) is 3.14. The van der Waals surface area contributed by atoms with Gasteiger partial charge in [-0.25, -0.2) is 4.79 Å². The lowest BCUT2D eigenvalue weighted by Crippen LogP contribution is -2.27. The molecule has 29 heavy (non-hydrogen) atoms. The summed E-state index contributed by atoms with van der Waals surface area (Å²) in [6.07, 6.45) is -0.376. The molecule has 152 valence electrons. The molecule has 0 radical (unpaired) electrons. The predicted octanol–water partition coefficient (Wildman–Crippen LogP) is 1.22. The molecular formula is C19H18N2O8. The van der Waals surface area contributed by atoms with E-state index in [9.17, 15) is 14.9 Å². The number of methoxy groups -OCH3 is 3. The molecule has 2 heterocycles. The van der Waals surface area contributed by atoms with Gasteiger partial charge in [0.25, 0.3) is 0 Å². The molecule has 0 aliphatic carbocycles. The van der Waals surface area contributed by atoms with Gasteiger partial charge in [-0.2, -0.15) is 5.26 Å². The Kier molecular flexibility index (Phi) is 5.50. The molecule has 0 amide bonds. The molecule has 0 unspecified atom stereocenters. The van der Waals surface area contributed by atoms with Crippen LogP contribution in [0.15, 0.2) is 34.9 Å². The molecule has 0 bridgehead atoms. The average Bonchev–Trinajstić information content (AvgIpc) is 3.20. The van der Waals surface area contributed by atoms with E-state index < -0.39 is 17.9 Å². The Labute approximate surface area is 166 Å². The van der Waals surface area contributed by atoms with Crippen LogP contribution in [0.3, 0.4) is 0 Å². The second-order valence-electron chi connectivity index (χ2n) is 5.96. The van der Waals surface area contributed by atoms with E-state index in [1.165, 1.54) is 21.3 Å². The van der Waals surface area contributed by atoms with Crippen molar-refractivity contribution in [2.75, 3.05) is 28.1 Å². The topological polar surface area (TPSA) is 139 Å². The number of ether oxygens (including phenoxy) is 6. The van der Waals surface area contributed by atoms with Crippen LogP contribution in [-0.2, 0) is 23.8 Å². The van der Waals surface area contributed by atoms with Gasteiger partial charge in [0.1, 0.15) is 23.8 Å². The molecule has 0 spiro atoms. The summed E-state index contributed by atoms with van der Waals surface area (Å²) >= 11 is 0. The van der Waals surface area contributed by atoms with Crippen molar-refractivity contribution < 1.29 is 38.0 Å². The molecule has 0 fully saturated rings. The van der Waals surface area contributed by atoms with Gasteiger partial charge in [0.05, 0.1) is 32.8 Å². The lowest BCUT2D eigenvalue weighted by molar-refractivity contribution is -0.140. The molecule has 0 saturated heterocycles. The van der Waals surface area contributed by atoms with E-state index in [4.69, 9.17) is 29.4 Å². The van der Waals surface area contributed by atoms with Crippen LogP contribution in [0.25, 0.3) is 0 Å². The number of benzene rings is 1. The molecule has 1 atom stereocenters. The Hall–Kier alpha value is -3.87. The average molecular weight is 402 g/mol. The number of allylic oxidation sites excluding steroid dienone is 1. The van der Waals surface area contributed by atoms with Crippen molar-refractivity contribution in [3.63, 3.8) is 0 Å². The highest BCUT2D eigenvalue weighted by molar-refractivity contribution is 5.93. The molecule has 10 nitrogen and oxygen atoms in total. The summed E-state index contributed by atoms with van der Waals surface area (Å²) in [6, 6.07) is 5.15. The number of esters is 2. The third-order valence-corrected chi connectivity index (χ3v) is 4.45. The molecule has 0 aromatic heterocycles. The van der Waals surface area contributed by atoms with E-state index in [2.05, 4.69) is 4.74 Å². The lowest BCUT2D eigenvalue weighted by atomic mass is 9.82. The fourth-order valence-electron chi connectivity index (χ4n) is 3.14. The van der Waals surface area contributed by atoms with Crippen LogP contribution >= 0.6 is 0 Å². The SMILES string of the molecule is COC(=O)CC1=C(C(=O)OC)[C@H](c2cc(OC)c3c(c2)OCO3)C(C#N)=C(N)O1. The Bertz CT molecular complexity index is 973. The van der Waals surface area contributed by atoms with Crippen molar-refractivity contribution in [3.8, 4) is 23.3 Å². The monoisotopic (exact) mass is 402 g/mol. The van der Waals surface area contributed by atoms with Crippen molar-refractivity contribution in [1.29, 1.82) is 5.26 Å². The van der Waals surface area contributed by atoms with Crippen LogP contribution in [0.2, 0.25) is 0 Å². The van der Waals surface area contributed by atoms with Crippen molar-refractivity contribution >= 4 is 11.9 Å². The first-order chi connectivity index (χ1) is 13.9. The molecule has 2 N–H and O–H groups in total. The smallest absolute Gasteiger partial charge is 0.338 e. The van der Waals surface area contributed by atoms with Crippen molar-refractivity contribution in [2.45, 2.75) is 12.3 Å². The first kappa shape index (κ1) is 19.9. The number of carbonyl (C=O) groups excluding carboxylic acids is 2. The van der Waals surface area contributed by atoms with E-state index in [1.54, 1.807) is 12.1 Å². The van der Waals surface area contributed by atoms with Gasteiger partial charge in [-0.3, -0.25) is 4.79 Å². The van der Waals surface area contributed by atoms with Crippen LogP contribution in [0, 0.1) is 11.3 Å². The predicted molar refractivity (Wildman–Crippen MR) is 95.4 cm³/mol. The molecule has 0 saturated carbocycles. The number of hydrogen-bond acceptors (Lipinski definition) is 10. The maximum absolute atomic E-state index is 12.6. The zero-order valence-electron chi connectivity index (χ0n) is 15.9. The summed E-state index contributed by atoms with van der Waals surface area (Å²) in [5, 5.41) is 9.68. The molecular weight excluding hydrogens is 384 g/mol. The fraction of sp³-hybridized carbons (Fsp3) is 0.316. The lowest BCUT2D eigenvalue weighted by Gasteiger charge is -2.28. The minimum Gasteiger partial charge on any atom is -0.493 e. The van der Waals surface area contributed by atoms with Crippen LogP contribution in [0.4, 0.5) is 0 Å². The third-order valence-electron chi connectivity index (χ3n) is 4.45. The number of nitrogens with two attached hydrogens (primary N) is 1. The Morgan fingerprint density at radius 2 is 2.00 bits per heavy atom. The molecule has 1 aromatic rings. The molecule has 3 rings (SSSR count). The van der Waals surface area contributed by atoms with E-state index in [-0.39, 0.29) is 36.0 Å². The van der Waals surface area contributed by atoms with Crippen LogP contribution < -0.4 is 19.9 Å². The number of nitriles is 1. The number of rotatable bonds is 5. The van der Waals surface area contributed by atoms with E-state index in [0.29, 0.717) is 22.8 Å². The standard InChI is InChI=1S/C19H18N2O8/c1-24-12-4-9(5-13-17(12)28-8-27-13)15-10(7-20)18(21)29-11(6-14(22)25-2)16(15)19(23)26-3/h4-5,15H,6,8,21H2,1-3H3/t15-/m1/s1. The van der Waals surface area contributed by atoms with Gasteiger partial charge in [0.15, 0.2) is 11.5 Å². The van der Waals surface area contributed by atoms with Crippen LogP contribution in [0.5, 0.6) is 17.2 Å². The van der Waals surface area contributed by atoms with Crippen molar-refractivity contribution in [1.82, 2.24) is 0 Å². The summed E-state index contributed by atoms with van der Waals surface area (Å²) in [7, 11) is 3.82. The Balaban J connectivity index is 2.23. The summed E-state index contributed by atoms with van der Waals surface area (Å²) in [5.41, 5.74) is 6.28. The van der Waals surface area contributed by atoms with E-state index in [1.807, 2.05) is 6.07 Å². The van der Waals surface area contributed by atoms with Crippen LogP contribution in [-0.4, -0.2) is 40.1 Å². The zero-order chi connectivity index (χ0) is 21.1. The second-order valence-corrected chi connectivity index (χ2v) is 5.96. The third kappa shape index (κ3) is 3.50. The summed E-state index contributed by atoms with van der Waals surface area (Å²) in [6.45, 7) is -0.000696. The maximum Gasteiger partial charge on any atom is 0.338 e. The van der Waals surface area contributed by atoms with Gasteiger partial charge in [0, 0.05) is 0 Å². The maximum atomic E-state index is 12.6. The molecule has 10 heteroatoms. The van der Waals surface area contributed by atoms with Crippen LogP contribution in [0.1, 0.15) is 17.9 Å². The van der Waals surface area contributed by atoms with Gasteiger partial charge >= 0.3 is 11.9 Å².